The van der Waals surface area contributed by atoms with E-state index >= 15 is 0 Å². The minimum atomic E-state index is -3.75. The maximum absolute atomic E-state index is 11.6. The number of pyridine rings is 1. The summed E-state index contributed by atoms with van der Waals surface area (Å²) in [6.07, 6.45) is 4.80. The van der Waals surface area contributed by atoms with Crippen molar-refractivity contribution in [2.45, 2.75) is 6.10 Å². The summed E-state index contributed by atoms with van der Waals surface area (Å²) in [6, 6.07) is 5.43. The molecule has 4 rings (SSSR count). The molecule has 1 aliphatic rings. The minimum Gasteiger partial charge on any atom is -0.374 e. The molecule has 1 unspecified atom stereocenters. The quantitative estimate of drug-likeness (QED) is 0.606. The van der Waals surface area contributed by atoms with E-state index in [0.717, 1.165) is 11.1 Å². The molecule has 1 atom stereocenters. The van der Waals surface area contributed by atoms with E-state index in [2.05, 4.69) is 15.3 Å². The van der Waals surface area contributed by atoms with Gasteiger partial charge in [0, 0.05) is 43.5 Å². The number of nitrogens with one attached hydrogen (secondary N) is 1. The predicted octanol–water partition coefficient (Wildman–Crippen LogP) is 2.04. The van der Waals surface area contributed by atoms with E-state index in [1.165, 1.54) is 4.31 Å². The molecule has 1 aliphatic heterocycles. The highest BCUT2D eigenvalue weighted by molar-refractivity contribution is 7.86. The lowest BCUT2D eigenvalue weighted by Crippen LogP contribution is -2.50. The Labute approximate surface area is 177 Å². The zero-order valence-electron chi connectivity index (χ0n) is 15.1. The third kappa shape index (κ3) is 4.32. The number of rotatable bonds is 5. The summed E-state index contributed by atoms with van der Waals surface area (Å²) in [5.74, 6) is 0.543. The van der Waals surface area contributed by atoms with Gasteiger partial charge in [-0.25, -0.2) is 15.1 Å². The molecule has 0 saturated carbocycles. The Hall–Kier alpha value is -1.95. The molecule has 0 spiro atoms. The molecule has 2 aromatic heterocycles. The maximum atomic E-state index is 11.6. The zero-order valence-corrected chi connectivity index (χ0v) is 17.5. The Bertz CT molecular complexity index is 1140. The van der Waals surface area contributed by atoms with Crippen molar-refractivity contribution in [2.24, 2.45) is 5.14 Å². The van der Waals surface area contributed by atoms with Crippen molar-refractivity contribution in [3.63, 3.8) is 0 Å². The summed E-state index contributed by atoms with van der Waals surface area (Å²) < 4.78 is 31.8. The summed E-state index contributed by atoms with van der Waals surface area (Å²) in [6.45, 7) is 1.02. The molecule has 3 N–H and O–H groups in total. The normalized spacial score (nSPS) is 18.2. The highest BCUT2D eigenvalue weighted by Crippen LogP contribution is 2.34. The predicted molar refractivity (Wildman–Crippen MR) is 112 cm³/mol. The first-order valence-electron chi connectivity index (χ1n) is 8.73. The van der Waals surface area contributed by atoms with Crippen molar-refractivity contribution in [1.29, 1.82) is 0 Å². The Morgan fingerprint density at radius 3 is 2.90 bits per heavy atom. The fourth-order valence-corrected chi connectivity index (χ4v) is 4.25. The number of nitrogens with two attached hydrogens (primary N) is 1. The first-order valence-corrected chi connectivity index (χ1v) is 11.0. The van der Waals surface area contributed by atoms with E-state index in [1.807, 2.05) is 22.9 Å². The number of hydrogen-bond acceptors (Lipinski definition) is 6. The second kappa shape index (κ2) is 8.05. The fraction of sp³-hybridized carbons (Fsp3) is 0.294. The maximum Gasteiger partial charge on any atom is 0.277 e. The van der Waals surface area contributed by atoms with Crippen LogP contribution < -0.4 is 10.5 Å². The van der Waals surface area contributed by atoms with Gasteiger partial charge < -0.3 is 14.6 Å². The number of imidazole rings is 1. The van der Waals surface area contributed by atoms with Gasteiger partial charge in [0.05, 0.1) is 40.3 Å². The van der Waals surface area contributed by atoms with Gasteiger partial charge in [-0.3, -0.25) is 0 Å². The molecular weight excluding hydrogens is 439 g/mol. The summed E-state index contributed by atoms with van der Waals surface area (Å²) in [4.78, 5) is 8.68. The molecule has 9 nitrogen and oxygen atoms in total. The fourth-order valence-electron chi connectivity index (χ4n) is 3.19. The van der Waals surface area contributed by atoms with Crippen LogP contribution in [0.2, 0.25) is 10.0 Å². The van der Waals surface area contributed by atoms with Gasteiger partial charge in [0.1, 0.15) is 5.82 Å². The molecule has 3 aromatic rings. The Kier molecular flexibility index (Phi) is 5.65. The van der Waals surface area contributed by atoms with Crippen LogP contribution in [0.4, 0.5) is 5.82 Å². The minimum absolute atomic E-state index is 0.167. The Balaban J connectivity index is 1.63. The third-order valence-electron chi connectivity index (χ3n) is 4.61. The number of morpholine rings is 1. The van der Waals surface area contributed by atoms with Crippen molar-refractivity contribution >= 4 is 50.1 Å². The smallest absolute Gasteiger partial charge is 0.277 e. The molecule has 0 amide bonds. The lowest BCUT2D eigenvalue weighted by molar-refractivity contribution is 0.00679. The third-order valence-corrected chi connectivity index (χ3v) is 6.45. The van der Waals surface area contributed by atoms with Gasteiger partial charge in [0.2, 0.25) is 0 Å². The van der Waals surface area contributed by atoms with Crippen LogP contribution in [0.3, 0.4) is 0 Å². The highest BCUT2D eigenvalue weighted by atomic mass is 35.5. The number of benzene rings is 1. The topological polar surface area (TPSA) is 115 Å². The standard InChI is InChI=1S/C17H18Cl2N6O3S/c18-13-2-1-12-14(24-4-3-21-10-24)7-15(23-17(12)16(13)19)22-8-11-9-25(5-6-28-11)29(20,26)27/h1-4,7,10-11H,5-6,8-9H2,(H,22,23)(H2,20,26,27). The van der Waals surface area contributed by atoms with Crippen molar-refractivity contribution in [1.82, 2.24) is 18.8 Å². The molecule has 154 valence electrons. The molecule has 3 heterocycles. The molecule has 0 bridgehead atoms. The van der Waals surface area contributed by atoms with E-state index in [9.17, 15) is 8.42 Å². The van der Waals surface area contributed by atoms with E-state index < -0.39 is 10.2 Å². The first-order chi connectivity index (χ1) is 13.8. The molecule has 12 heteroatoms. The van der Waals surface area contributed by atoms with E-state index in [-0.39, 0.29) is 25.8 Å². The molecule has 1 saturated heterocycles. The molecule has 0 aliphatic carbocycles. The second-order valence-corrected chi connectivity index (χ2v) is 8.86. The molecule has 0 radical (unpaired) electrons. The molecule has 1 aromatic carbocycles. The average Bonchev–Trinajstić information content (AvgIpc) is 3.23. The van der Waals surface area contributed by atoms with Crippen LogP contribution in [0.1, 0.15) is 0 Å². The van der Waals surface area contributed by atoms with Crippen molar-refractivity contribution < 1.29 is 13.2 Å². The van der Waals surface area contributed by atoms with E-state index in [0.29, 0.717) is 27.9 Å². The van der Waals surface area contributed by atoms with Gasteiger partial charge in [-0.15, -0.1) is 0 Å². The summed E-state index contributed by atoms with van der Waals surface area (Å²) in [7, 11) is -3.75. The average molecular weight is 457 g/mol. The van der Waals surface area contributed by atoms with Gasteiger partial charge in [0.15, 0.2) is 0 Å². The molecule has 29 heavy (non-hydrogen) atoms. The van der Waals surface area contributed by atoms with Crippen LogP contribution in [-0.4, -0.2) is 59.6 Å². The number of halogens is 2. The molecular formula is C17H18Cl2N6O3S. The number of anilines is 1. The number of hydrogen-bond donors (Lipinski definition) is 2. The van der Waals surface area contributed by atoms with Gasteiger partial charge >= 0.3 is 0 Å². The van der Waals surface area contributed by atoms with Crippen LogP contribution in [0.5, 0.6) is 0 Å². The summed E-state index contributed by atoms with van der Waals surface area (Å²) in [5.41, 5.74) is 1.37. The second-order valence-electron chi connectivity index (χ2n) is 6.53. The van der Waals surface area contributed by atoms with Crippen LogP contribution in [0.15, 0.2) is 36.9 Å². The monoisotopic (exact) mass is 456 g/mol. The Morgan fingerprint density at radius 2 is 2.17 bits per heavy atom. The number of nitrogens with zero attached hydrogens (tertiary/aromatic N) is 4. The van der Waals surface area contributed by atoms with Crippen molar-refractivity contribution in [3.05, 3.63) is 47.0 Å². The SMILES string of the molecule is NS(=O)(=O)N1CCOC(CNc2cc(-n3ccnc3)c3ccc(Cl)c(Cl)c3n2)C1. The lowest BCUT2D eigenvalue weighted by atomic mass is 10.1. The highest BCUT2D eigenvalue weighted by Gasteiger charge is 2.27. The van der Waals surface area contributed by atoms with Crippen molar-refractivity contribution in [2.75, 3.05) is 31.6 Å². The summed E-state index contributed by atoms with van der Waals surface area (Å²) in [5, 5.41) is 9.98. The van der Waals surface area contributed by atoms with Gasteiger partial charge in [0.25, 0.3) is 10.2 Å². The Morgan fingerprint density at radius 1 is 1.34 bits per heavy atom. The van der Waals surface area contributed by atoms with Gasteiger partial charge in [-0.05, 0) is 12.1 Å². The van der Waals surface area contributed by atoms with Crippen molar-refractivity contribution in [3.8, 4) is 5.69 Å². The number of fused-ring (bicyclic) bond motifs is 1. The van der Waals surface area contributed by atoms with E-state index in [1.54, 1.807) is 18.6 Å². The largest absolute Gasteiger partial charge is 0.374 e. The van der Waals surface area contributed by atoms with Crippen LogP contribution >= 0.6 is 23.2 Å². The van der Waals surface area contributed by atoms with Crippen LogP contribution in [0, 0.1) is 0 Å². The molecule has 1 fully saturated rings. The summed E-state index contributed by atoms with van der Waals surface area (Å²) >= 11 is 12.6. The van der Waals surface area contributed by atoms with Gasteiger partial charge in [-0.1, -0.05) is 23.2 Å². The lowest BCUT2D eigenvalue weighted by Gasteiger charge is -2.31. The zero-order chi connectivity index (χ0) is 20.6. The van der Waals surface area contributed by atoms with Gasteiger partial charge in [-0.2, -0.15) is 12.7 Å². The number of aromatic nitrogens is 3. The van der Waals surface area contributed by atoms with Crippen LogP contribution in [0.25, 0.3) is 16.6 Å². The first kappa shape index (κ1) is 20.3. The van der Waals surface area contributed by atoms with Crippen LogP contribution in [-0.2, 0) is 14.9 Å². The van der Waals surface area contributed by atoms with E-state index in [4.69, 9.17) is 33.1 Å². The number of ether oxygens (including phenoxy) is 1.